The molecule has 0 heterocycles. The Bertz CT molecular complexity index is 484. The number of aliphatic hydroxyl groups is 1. The van der Waals surface area contributed by atoms with Crippen molar-refractivity contribution in [2.75, 3.05) is 0 Å². The molecule has 2 nitrogen and oxygen atoms in total. The number of hydrogen-bond acceptors (Lipinski definition) is 2. The van der Waals surface area contributed by atoms with Crippen molar-refractivity contribution in [3.05, 3.63) is 11.8 Å². The molecule has 145 valence electrons. The first kappa shape index (κ1) is 28.1. The maximum Gasteiger partial charge on any atom is 0.454 e. The molecule has 0 rings (SSSR count). The van der Waals surface area contributed by atoms with Crippen LogP contribution in [-0.2, 0) is 21.9 Å². The Morgan fingerprint density at radius 3 is 1.29 bits per heavy atom. The quantitative estimate of drug-likeness (QED) is 0.207. The van der Waals surface area contributed by atoms with Gasteiger partial charge in [-0.15, -0.1) is 11.1 Å². The summed E-state index contributed by atoms with van der Waals surface area (Å²) in [6.45, 7) is 13.8. The van der Waals surface area contributed by atoms with E-state index < -0.39 is 46.1 Å². The average Bonchev–Trinajstić information content (AvgIpc) is 2.22. The zero-order chi connectivity index (χ0) is 19.3. The Morgan fingerprint density at radius 1 is 0.833 bits per heavy atom. The fourth-order valence-electron chi connectivity index (χ4n) is 0.663. The van der Waals surface area contributed by atoms with Gasteiger partial charge in [-0.1, -0.05) is 39.3 Å². The molecule has 0 aromatic rings. The first-order valence-corrected chi connectivity index (χ1v) is 13.4. The second-order valence-corrected chi connectivity index (χ2v) is 16.1. The van der Waals surface area contributed by atoms with Crippen molar-refractivity contribution in [3.63, 3.8) is 0 Å². The van der Waals surface area contributed by atoms with Gasteiger partial charge < -0.3 is 5.11 Å². The van der Waals surface area contributed by atoms with E-state index in [1.165, 1.54) is 0 Å². The predicted molar refractivity (Wildman–Crippen MR) is 82.3 cm³/mol. The second kappa shape index (κ2) is 9.70. The van der Waals surface area contributed by atoms with E-state index in [-0.39, 0.29) is 17.1 Å². The number of allylic oxidation sites excluding steroid dienone is 2. The van der Waals surface area contributed by atoms with Crippen molar-refractivity contribution in [2.24, 2.45) is 0 Å². The topological polar surface area (TPSA) is 37.3 Å². The SMILES string of the molecule is C[Si](C)(C)C#C[Si](C)(C)C.O=C(/C=C(/O)C(F)(F)F)C(F)(F)F.[Cu]. The van der Waals surface area contributed by atoms with Crippen molar-refractivity contribution in [1.29, 1.82) is 0 Å². The van der Waals surface area contributed by atoms with Gasteiger partial charge in [-0.3, -0.25) is 4.79 Å². The minimum atomic E-state index is -5.42. The van der Waals surface area contributed by atoms with E-state index in [1.54, 1.807) is 0 Å². The molecule has 0 aliphatic rings. The van der Waals surface area contributed by atoms with Crippen LogP contribution in [0.5, 0.6) is 0 Å². The van der Waals surface area contributed by atoms with Crippen molar-refractivity contribution >= 4 is 21.9 Å². The summed E-state index contributed by atoms with van der Waals surface area (Å²) in [6.07, 6.45) is -11.7. The summed E-state index contributed by atoms with van der Waals surface area (Å²) in [5, 5.41) is 7.93. The van der Waals surface area contributed by atoms with E-state index in [0.717, 1.165) is 0 Å². The van der Waals surface area contributed by atoms with Crippen LogP contribution < -0.4 is 0 Å². The van der Waals surface area contributed by atoms with Crippen molar-refractivity contribution in [1.82, 2.24) is 0 Å². The number of halogens is 6. The van der Waals surface area contributed by atoms with E-state index in [4.69, 9.17) is 5.11 Å². The summed E-state index contributed by atoms with van der Waals surface area (Å²) in [6, 6.07) is 0. The van der Waals surface area contributed by atoms with Gasteiger partial charge in [0.05, 0.1) is 0 Å². The summed E-state index contributed by atoms with van der Waals surface area (Å²) in [5.41, 5.74) is 6.82. The van der Waals surface area contributed by atoms with Crippen LogP contribution in [0.2, 0.25) is 39.3 Å². The molecule has 0 unspecified atom stereocenters. The van der Waals surface area contributed by atoms with Crippen LogP contribution in [0, 0.1) is 11.1 Å². The van der Waals surface area contributed by atoms with Crippen LogP contribution in [0.3, 0.4) is 0 Å². The summed E-state index contributed by atoms with van der Waals surface area (Å²) in [7, 11) is -2.19. The van der Waals surface area contributed by atoms with E-state index >= 15 is 0 Å². The van der Waals surface area contributed by atoms with Gasteiger partial charge in [0.25, 0.3) is 5.78 Å². The molecule has 0 aliphatic carbocycles. The number of alkyl halides is 6. The molecule has 1 N–H and O–H groups in total. The molecule has 0 aromatic carbocycles. The normalized spacial score (nSPS) is 12.9. The van der Waals surface area contributed by atoms with Gasteiger partial charge in [-0.25, -0.2) is 0 Å². The molecule has 24 heavy (non-hydrogen) atoms. The van der Waals surface area contributed by atoms with Crippen LogP contribution in [0.4, 0.5) is 26.3 Å². The van der Waals surface area contributed by atoms with Crippen LogP contribution in [0.15, 0.2) is 11.8 Å². The van der Waals surface area contributed by atoms with Gasteiger partial charge in [0.2, 0.25) is 5.76 Å². The standard InChI is InChI=1S/C8H18Si2.C5H2F6O2.Cu/c1-9(2,3)7-8-10(4,5)6;6-4(7,8)2(12)1-3(13)5(9,10)11;/h1-6H3;1,12H;/b;2-1+;. The molecule has 0 fully saturated rings. The van der Waals surface area contributed by atoms with Crippen LogP contribution in [0.1, 0.15) is 0 Å². The Hall–Kier alpha value is -0.697. The molecular formula is C13H20CuF6O2Si2. The van der Waals surface area contributed by atoms with E-state index in [2.05, 4.69) is 50.4 Å². The first-order chi connectivity index (χ1) is 9.76. The van der Waals surface area contributed by atoms with E-state index in [1.807, 2.05) is 0 Å². The molecular weight excluding hydrogens is 422 g/mol. The van der Waals surface area contributed by atoms with E-state index in [0.29, 0.717) is 0 Å². The molecule has 0 saturated carbocycles. The van der Waals surface area contributed by atoms with Gasteiger partial charge in [-0.2, -0.15) is 26.3 Å². The number of carbonyl (C=O) groups is 1. The number of aliphatic hydroxyl groups excluding tert-OH is 1. The van der Waals surface area contributed by atoms with E-state index in [9.17, 15) is 31.1 Å². The minimum Gasteiger partial charge on any atom is -0.504 e. The van der Waals surface area contributed by atoms with Gasteiger partial charge in [0, 0.05) is 23.1 Å². The summed E-state index contributed by atoms with van der Waals surface area (Å²) >= 11 is 0. The molecule has 0 bridgehead atoms. The molecule has 0 amide bonds. The van der Waals surface area contributed by atoms with Gasteiger partial charge in [0.1, 0.15) is 16.1 Å². The third-order valence-corrected chi connectivity index (χ3v) is 3.65. The maximum absolute atomic E-state index is 11.4. The average molecular weight is 442 g/mol. The summed E-state index contributed by atoms with van der Waals surface area (Å²) in [4.78, 5) is 9.86. The molecule has 11 heteroatoms. The Kier molecular flexibility index (Phi) is 11.4. The van der Waals surface area contributed by atoms with Crippen molar-refractivity contribution in [2.45, 2.75) is 51.6 Å². The zero-order valence-corrected chi connectivity index (χ0v) is 16.9. The monoisotopic (exact) mass is 441 g/mol. The molecule has 0 aromatic heterocycles. The Labute approximate surface area is 150 Å². The van der Waals surface area contributed by atoms with Crippen LogP contribution in [0.25, 0.3) is 0 Å². The fourth-order valence-corrected chi connectivity index (χ4v) is 3.66. The zero-order valence-electron chi connectivity index (χ0n) is 14.0. The van der Waals surface area contributed by atoms with Crippen LogP contribution >= 0.6 is 0 Å². The number of rotatable bonds is 1. The molecule has 0 saturated heterocycles. The Morgan fingerprint density at radius 2 is 1.12 bits per heavy atom. The maximum atomic E-state index is 11.4. The fraction of sp³-hybridized carbons (Fsp3) is 0.615. The number of carbonyl (C=O) groups excluding carboxylic acids is 1. The second-order valence-electron chi connectivity index (χ2n) is 6.64. The molecule has 0 spiro atoms. The number of hydrogen-bond donors (Lipinski definition) is 1. The molecule has 0 aliphatic heterocycles. The van der Waals surface area contributed by atoms with Gasteiger partial charge in [-0.05, 0) is 0 Å². The summed E-state index contributed by atoms with van der Waals surface area (Å²) < 4.78 is 68.1. The largest absolute Gasteiger partial charge is 0.504 e. The smallest absolute Gasteiger partial charge is 0.454 e. The number of ketones is 1. The van der Waals surface area contributed by atoms with Gasteiger partial charge in [0.15, 0.2) is 0 Å². The Balaban J connectivity index is -0.000000364. The van der Waals surface area contributed by atoms with Crippen LogP contribution in [-0.4, -0.2) is 39.4 Å². The third kappa shape index (κ3) is 17.7. The first-order valence-electron chi connectivity index (χ1n) is 6.39. The van der Waals surface area contributed by atoms with Crippen molar-refractivity contribution in [3.8, 4) is 11.1 Å². The third-order valence-electron chi connectivity index (χ3n) is 1.65. The predicted octanol–water partition coefficient (Wildman–Crippen LogP) is 4.86. The van der Waals surface area contributed by atoms with Gasteiger partial charge >= 0.3 is 12.4 Å². The minimum absolute atomic E-state index is 0. The van der Waals surface area contributed by atoms with Crippen molar-refractivity contribution < 1.29 is 53.3 Å². The summed E-state index contributed by atoms with van der Waals surface area (Å²) in [5.74, 6) is -5.34. The molecule has 0 atom stereocenters. The molecule has 1 radical (unpaired) electrons.